The molecule has 0 saturated carbocycles. The molecule has 0 heterocycles. The number of carbonyl (C=O) groups excluding carboxylic acids is 2. The Labute approximate surface area is 188 Å². The number of methoxy groups -OCH3 is 1. The van der Waals surface area contributed by atoms with E-state index in [-0.39, 0.29) is 11.8 Å². The van der Waals surface area contributed by atoms with Gasteiger partial charge >= 0.3 is 0 Å². The van der Waals surface area contributed by atoms with Crippen LogP contribution < -0.4 is 14.8 Å². The summed E-state index contributed by atoms with van der Waals surface area (Å²) in [6.45, 7) is 4.82. The maximum Gasteiger partial charge on any atom is 0.255 e. The molecule has 1 N–H and O–H groups in total. The fourth-order valence-corrected chi connectivity index (χ4v) is 3.34. The van der Waals surface area contributed by atoms with E-state index in [0.29, 0.717) is 35.7 Å². The third-order valence-corrected chi connectivity index (χ3v) is 5.00. The van der Waals surface area contributed by atoms with E-state index in [9.17, 15) is 9.59 Å². The summed E-state index contributed by atoms with van der Waals surface area (Å²) < 4.78 is 10.9. The van der Waals surface area contributed by atoms with Gasteiger partial charge in [-0.1, -0.05) is 18.2 Å². The second-order valence-electron chi connectivity index (χ2n) is 7.63. The lowest BCUT2D eigenvalue weighted by atomic mass is 10.1. The number of nitrogens with one attached hydrogen (secondary N) is 1. The summed E-state index contributed by atoms with van der Waals surface area (Å²) in [5.74, 6) is 0.964. The SMILES string of the molecule is COc1ccc(C(=O)Nc2ccccc2C(=O)N(C)CCOc2cc(C)cc(C)c2)cc1. The van der Waals surface area contributed by atoms with Gasteiger partial charge in [-0.3, -0.25) is 9.59 Å². The van der Waals surface area contributed by atoms with E-state index in [0.717, 1.165) is 16.9 Å². The molecule has 0 radical (unpaired) electrons. The smallest absolute Gasteiger partial charge is 0.255 e. The van der Waals surface area contributed by atoms with Gasteiger partial charge in [0, 0.05) is 12.6 Å². The van der Waals surface area contributed by atoms with Crippen molar-refractivity contribution in [2.24, 2.45) is 0 Å². The highest BCUT2D eigenvalue weighted by molar-refractivity contribution is 6.09. The van der Waals surface area contributed by atoms with Crippen molar-refractivity contribution in [2.45, 2.75) is 13.8 Å². The first-order valence-corrected chi connectivity index (χ1v) is 10.4. The van der Waals surface area contributed by atoms with Crippen LogP contribution in [0.4, 0.5) is 5.69 Å². The van der Waals surface area contributed by atoms with Crippen LogP contribution in [0.1, 0.15) is 31.8 Å². The summed E-state index contributed by atoms with van der Waals surface area (Å²) in [4.78, 5) is 27.2. The van der Waals surface area contributed by atoms with Crippen molar-refractivity contribution >= 4 is 17.5 Å². The lowest BCUT2D eigenvalue weighted by Crippen LogP contribution is -2.31. The van der Waals surface area contributed by atoms with Crippen LogP contribution in [0.15, 0.2) is 66.7 Å². The molecule has 2 amide bonds. The van der Waals surface area contributed by atoms with Gasteiger partial charge in [0.2, 0.25) is 0 Å². The molecule has 32 heavy (non-hydrogen) atoms. The second kappa shape index (κ2) is 10.5. The summed E-state index contributed by atoms with van der Waals surface area (Å²) in [6.07, 6.45) is 0. The molecule has 0 aliphatic rings. The largest absolute Gasteiger partial charge is 0.497 e. The number of para-hydroxylation sites is 1. The van der Waals surface area contributed by atoms with Gasteiger partial charge < -0.3 is 19.7 Å². The van der Waals surface area contributed by atoms with Crippen molar-refractivity contribution in [1.29, 1.82) is 0 Å². The average molecular weight is 433 g/mol. The van der Waals surface area contributed by atoms with Gasteiger partial charge in [-0.05, 0) is 73.5 Å². The van der Waals surface area contributed by atoms with Gasteiger partial charge in [0.1, 0.15) is 18.1 Å². The van der Waals surface area contributed by atoms with Crippen molar-refractivity contribution in [3.8, 4) is 11.5 Å². The van der Waals surface area contributed by atoms with Crippen molar-refractivity contribution in [1.82, 2.24) is 4.90 Å². The van der Waals surface area contributed by atoms with Crippen molar-refractivity contribution in [2.75, 3.05) is 32.6 Å². The molecule has 0 bridgehead atoms. The lowest BCUT2D eigenvalue weighted by Gasteiger charge is -2.20. The number of carbonyl (C=O) groups is 2. The van der Waals surface area contributed by atoms with Gasteiger partial charge in [-0.15, -0.1) is 0 Å². The molecule has 6 heteroatoms. The topological polar surface area (TPSA) is 67.9 Å². The molecule has 0 atom stereocenters. The van der Waals surface area contributed by atoms with E-state index >= 15 is 0 Å². The number of amides is 2. The molecular formula is C26H28N2O4. The van der Waals surface area contributed by atoms with Crippen LogP contribution in [0.2, 0.25) is 0 Å². The molecule has 166 valence electrons. The van der Waals surface area contributed by atoms with E-state index < -0.39 is 0 Å². The number of rotatable bonds is 8. The Hall–Kier alpha value is -3.80. The van der Waals surface area contributed by atoms with E-state index in [2.05, 4.69) is 11.4 Å². The maximum absolute atomic E-state index is 13.0. The molecule has 0 aliphatic carbocycles. The normalized spacial score (nSPS) is 10.4. The Kier molecular flexibility index (Phi) is 7.49. The summed E-state index contributed by atoms with van der Waals surface area (Å²) in [5.41, 5.74) is 3.61. The quantitative estimate of drug-likeness (QED) is 0.560. The zero-order valence-corrected chi connectivity index (χ0v) is 18.8. The van der Waals surface area contributed by atoms with Crippen molar-refractivity contribution in [3.63, 3.8) is 0 Å². The second-order valence-corrected chi connectivity index (χ2v) is 7.63. The van der Waals surface area contributed by atoms with Gasteiger partial charge in [-0.25, -0.2) is 0 Å². The Morgan fingerprint density at radius 3 is 2.22 bits per heavy atom. The van der Waals surface area contributed by atoms with E-state index in [1.807, 2.05) is 26.0 Å². The lowest BCUT2D eigenvalue weighted by molar-refractivity contribution is 0.0774. The maximum atomic E-state index is 13.0. The molecule has 0 aromatic heterocycles. The first kappa shape index (κ1) is 22.9. The fraction of sp³-hybridized carbons (Fsp3) is 0.231. The van der Waals surface area contributed by atoms with Crippen LogP contribution in [-0.2, 0) is 0 Å². The van der Waals surface area contributed by atoms with Crippen LogP contribution >= 0.6 is 0 Å². The molecule has 0 spiro atoms. The number of nitrogens with zero attached hydrogens (tertiary/aromatic N) is 1. The zero-order valence-electron chi connectivity index (χ0n) is 18.8. The molecule has 0 aliphatic heterocycles. The fourth-order valence-electron chi connectivity index (χ4n) is 3.34. The summed E-state index contributed by atoms with van der Waals surface area (Å²) >= 11 is 0. The van der Waals surface area contributed by atoms with Crippen LogP contribution in [0, 0.1) is 13.8 Å². The minimum absolute atomic E-state index is 0.195. The zero-order chi connectivity index (χ0) is 23.1. The van der Waals surface area contributed by atoms with E-state index in [1.165, 1.54) is 0 Å². The Bertz CT molecular complexity index is 1070. The third kappa shape index (κ3) is 5.88. The van der Waals surface area contributed by atoms with Gasteiger partial charge in [-0.2, -0.15) is 0 Å². The third-order valence-electron chi connectivity index (χ3n) is 5.00. The summed E-state index contributed by atoms with van der Waals surface area (Å²) in [5, 5.41) is 2.84. The number of hydrogen-bond acceptors (Lipinski definition) is 4. The Morgan fingerprint density at radius 1 is 0.906 bits per heavy atom. The molecular weight excluding hydrogens is 404 g/mol. The minimum Gasteiger partial charge on any atom is -0.497 e. The standard InChI is InChI=1S/C26H28N2O4/c1-18-15-19(2)17-22(16-18)32-14-13-28(3)26(30)23-7-5-6-8-24(23)27-25(29)20-9-11-21(31-4)12-10-20/h5-12,15-17H,13-14H2,1-4H3,(H,27,29). The minimum atomic E-state index is -0.297. The van der Waals surface area contributed by atoms with Crippen LogP contribution in [0.3, 0.4) is 0 Å². The van der Waals surface area contributed by atoms with Crippen LogP contribution in [0.25, 0.3) is 0 Å². The monoisotopic (exact) mass is 432 g/mol. The highest BCUT2D eigenvalue weighted by Gasteiger charge is 2.17. The molecule has 0 unspecified atom stereocenters. The van der Waals surface area contributed by atoms with E-state index in [1.54, 1.807) is 67.6 Å². The molecule has 6 nitrogen and oxygen atoms in total. The van der Waals surface area contributed by atoms with Gasteiger partial charge in [0.25, 0.3) is 11.8 Å². The number of aryl methyl sites for hydroxylation is 2. The van der Waals surface area contributed by atoms with Crippen molar-refractivity contribution in [3.05, 3.63) is 89.0 Å². The number of anilines is 1. The Balaban J connectivity index is 1.64. The van der Waals surface area contributed by atoms with Crippen molar-refractivity contribution < 1.29 is 19.1 Å². The number of benzene rings is 3. The first-order valence-electron chi connectivity index (χ1n) is 10.4. The van der Waals surface area contributed by atoms with E-state index in [4.69, 9.17) is 9.47 Å². The predicted octanol–water partition coefficient (Wildman–Crippen LogP) is 4.72. The average Bonchev–Trinajstić information content (AvgIpc) is 2.78. The van der Waals surface area contributed by atoms with Crippen LogP contribution in [-0.4, -0.2) is 44.0 Å². The molecule has 3 aromatic carbocycles. The number of ether oxygens (including phenoxy) is 2. The Morgan fingerprint density at radius 2 is 1.56 bits per heavy atom. The summed E-state index contributed by atoms with van der Waals surface area (Å²) in [7, 11) is 3.29. The predicted molar refractivity (Wildman–Crippen MR) is 126 cm³/mol. The number of hydrogen-bond donors (Lipinski definition) is 1. The van der Waals surface area contributed by atoms with Crippen LogP contribution in [0.5, 0.6) is 11.5 Å². The summed E-state index contributed by atoms with van der Waals surface area (Å²) in [6, 6.07) is 19.8. The molecule has 0 saturated heterocycles. The van der Waals surface area contributed by atoms with Gasteiger partial charge in [0.15, 0.2) is 0 Å². The molecule has 3 rings (SSSR count). The molecule has 3 aromatic rings. The molecule has 0 fully saturated rings. The van der Waals surface area contributed by atoms with Gasteiger partial charge in [0.05, 0.1) is 24.9 Å². The highest BCUT2D eigenvalue weighted by Crippen LogP contribution is 2.20. The highest BCUT2D eigenvalue weighted by atomic mass is 16.5. The first-order chi connectivity index (χ1) is 15.4. The number of likely N-dealkylation sites (N-methyl/N-ethyl adjacent to an activating group) is 1.